The summed E-state index contributed by atoms with van der Waals surface area (Å²) in [5.74, 6) is 1.20. The molecule has 2 aromatic carbocycles. The van der Waals surface area contributed by atoms with E-state index in [4.69, 9.17) is 14.2 Å². The molecule has 0 spiro atoms. The van der Waals surface area contributed by atoms with E-state index in [1.807, 2.05) is 50.2 Å². The molecule has 0 radical (unpaired) electrons. The molecule has 0 aliphatic carbocycles. The van der Waals surface area contributed by atoms with Gasteiger partial charge in [-0.2, -0.15) is 0 Å². The molecule has 1 fully saturated rings. The first-order valence-electron chi connectivity index (χ1n) is 12.1. The van der Waals surface area contributed by atoms with Crippen LogP contribution in [-0.4, -0.2) is 60.4 Å². The molecule has 0 saturated carbocycles. The van der Waals surface area contributed by atoms with Gasteiger partial charge in [-0.1, -0.05) is 30.3 Å². The summed E-state index contributed by atoms with van der Waals surface area (Å²) in [7, 11) is 1.57. The van der Waals surface area contributed by atoms with Crippen LogP contribution in [0.5, 0.6) is 17.2 Å². The molecule has 8 nitrogen and oxygen atoms in total. The maximum Gasteiger partial charge on any atom is 0.342 e. The van der Waals surface area contributed by atoms with Gasteiger partial charge in [0.25, 0.3) is 0 Å². The van der Waals surface area contributed by atoms with Crippen molar-refractivity contribution in [1.29, 1.82) is 0 Å². The third-order valence-electron chi connectivity index (χ3n) is 5.97. The second-order valence-electron chi connectivity index (χ2n) is 9.01. The number of carbonyl (C=O) groups is 1. The van der Waals surface area contributed by atoms with Crippen LogP contribution in [0, 0.1) is 0 Å². The number of hydrogen-bond donors (Lipinski definition) is 1. The molecule has 0 amide bonds. The summed E-state index contributed by atoms with van der Waals surface area (Å²) in [6.07, 6.45) is 1.51. The average Bonchev–Trinajstić information content (AvgIpc) is 2.88. The van der Waals surface area contributed by atoms with E-state index in [1.54, 1.807) is 31.5 Å². The Morgan fingerprint density at radius 1 is 1.03 bits per heavy atom. The van der Waals surface area contributed by atoms with Crippen molar-refractivity contribution in [3.63, 3.8) is 0 Å². The zero-order chi connectivity index (χ0) is 25.5. The van der Waals surface area contributed by atoms with Crippen molar-refractivity contribution in [2.45, 2.75) is 33.1 Å². The number of phenols is 1. The molecule has 0 atom stereocenters. The Balaban J connectivity index is 1.39. The molecule has 0 bridgehead atoms. The molecule has 36 heavy (non-hydrogen) atoms. The number of piperazine rings is 1. The lowest BCUT2D eigenvalue weighted by Crippen LogP contribution is -2.46. The fourth-order valence-corrected chi connectivity index (χ4v) is 4.22. The van der Waals surface area contributed by atoms with Crippen LogP contribution >= 0.6 is 0 Å². The Morgan fingerprint density at radius 2 is 1.78 bits per heavy atom. The summed E-state index contributed by atoms with van der Waals surface area (Å²) < 4.78 is 16.8. The maximum absolute atomic E-state index is 12.5. The van der Waals surface area contributed by atoms with E-state index < -0.39 is 0 Å². The Morgan fingerprint density at radius 3 is 2.47 bits per heavy atom. The average molecular weight is 492 g/mol. The van der Waals surface area contributed by atoms with Crippen LogP contribution < -0.4 is 14.4 Å². The topological polar surface area (TPSA) is 84.4 Å². The molecule has 4 rings (SSSR count). The number of phenolic OH excluding ortho intramolecular Hbond substituents is 1. The first kappa shape index (κ1) is 25.3. The van der Waals surface area contributed by atoms with Crippen LogP contribution in [0.15, 0.2) is 60.8 Å². The minimum absolute atomic E-state index is 0.0562. The maximum atomic E-state index is 12.5. The zero-order valence-corrected chi connectivity index (χ0v) is 21.0. The SMILES string of the molecule is COc1cc(CN2CCN(c3ncccc3C(=O)OC(C)C)CC2)cc(O)c1OCc1ccccc1. The van der Waals surface area contributed by atoms with E-state index in [0.717, 1.165) is 37.3 Å². The lowest BCUT2D eigenvalue weighted by Gasteiger charge is -2.36. The summed E-state index contributed by atoms with van der Waals surface area (Å²) in [6, 6.07) is 16.9. The Bertz CT molecular complexity index is 1160. The normalized spacial score (nSPS) is 14.1. The number of nitrogens with zero attached hydrogens (tertiary/aromatic N) is 3. The lowest BCUT2D eigenvalue weighted by molar-refractivity contribution is 0.0378. The van der Waals surface area contributed by atoms with E-state index in [0.29, 0.717) is 36.0 Å². The first-order valence-corrected chi connectivity index (χ1v) is 12.1. The van der Waals surface area contributed by atoms with E-state index in [2.05, 4.69) is 14.8 Å². The highest BCUT2D eigenvalue weighted by Crippen LogP contribution is 2.38. The summed E-state index contributed by atoms with van der Waals surface area (Å²) >= 11 is 0. The van der Waals surface area contributed by atoms with E-state index in [9.17, 15) is 9.90 Å². The predicted octanol–water partition coefficient (Wildman–Crippen LogP) is 4.26. The molecule has 8 heteroatoms. The predicted molar refractivity (Wildman–Crippen MR) is 138 cm³/mol. The number of rotatable bonds is 9. The van der Waals surface area contributed by atoms with Gasteiger partial charge in [-0.3, -0.25) is 4.90 Å². The van der Waals surface area contributed by atoms with Gasteiger partial charge in [0.15, 0.2) is 11.5 Å². The minimum atomic E-state index is -0.354. The van der Waals surface area contributed by atoms with Gasteiger partial charge in [0, 0.05) is 38.9 Å². The number of ether oxygens (including phenoxy) is 3. The quantitative estimate of drug-likeness (QED) is 0.445. The van der Waals surface area contributed by atoms with Gasteiger partial charge < -0.3 is 24.2 Å². The number of aromatic hydroxyl groups is 1. The fraction of sp³-hybridized carbons (Fsp3) is 0.357. The van der Waals surface area contributed by atoms with Gasteiger partial charge in [-0.15, -0.1) is 0 Å². The number of anilines is 1. The number of esters is 1. The molecule has 0 unspecified atom stereocenters. The second kappa shape index (κ2) is 11.8. The van der Waals surface area contributed by atoms with Gasteiger partial charge in [0.2, 0.25) is 5.75 Å². The molecule has 1 aromatic heterocycles. The van der Waals surface area contributed by atoms with Crippen LogP contribution in [0.2, 0.25) is 0 Å². The fourth-order valence-electron chi connectivity index (χ4n) is 4.22. The van der Waals surface area contributed by atoms with Crippen LogP contribution in [0.1, 0.15) is 35.3 Å². The Labute approximate surface area is 212 Å². The van der Waals surface area contributed by atoms with Crippen molar-refractivity contribution in [1.82, 2.24) is 9.88 Å². The highest BCUT2D eigenvalue weighted by atomic mass is 16.5. The summed E-state index contributed by atoms with van der Waals surface area (Å²) in [5, 5.41) is 10.7. The zero-order valence-electron chi connectivity index (χ0n) is 21.0. The van der Waals surface area contributed by atoms with Gasteiger partial charge in [-0.05, 0) is 49.2 Å². The first-order chi connectivity index (χ1) is 17.4. The second-order valence-corrected chi connectivity index (χ2v) is 9.01. The van der Waals surface area contributed by atoms with E-state index in [1.165, 1.54) is 0 Å². The van der Waals surface area contributed by atoms with Crippen molar-refractivity contribution >= 4 is 11.8 Å². The van der Waals surface area contributed by atoms with Gasteiger partial charge in [0.05, 0.1) is 13.2 Å². The molecule has 1 aliphatic rings. The number of hydrogen-bond acceptors (Lipinski definition) is 8. The van der Waals surface area contributed by atoms with Gasteiger partial charge >= 0.3 is 5.97 Å². The summed E-state index contributed by atoms with van der Waals surface area (Å²) in [5.41, 5.74) is 2.43. The smallest absolute Gasteiger partial charge is 0.342 e. The summed E-state index contributed by atoms with van der Waals surface area (Å²) in [4.78, 5) is 21.4. The van der Waals surface area contributed by atoms with Gasteiger partial charge in [-0.25, -0.2) is 9.78 Å². The largest absolute Gasteiger partial charge is 0.504 e. The van der Waals surface area contributed by atoms with Crippen molar-refractivity contribution in [2.24, 2.45) is 0 Å². The monoisotopic (exact) mass is 491 g/mol. The van der Waals surface area contributed by atoms with Crippen molar-refractivity contribution in [3.05, 3.63) is 77.5 Å². The number of pyridine rings is 1. The van der Waals surface area contributed by atoms with Crippen LogP contribution in [-0.2, 0) is 17.9 Å². The molecule has 190 valence electrons. The van der Waals surface area contributed by atoms with Crippen molar-refractivity contribution < 1.29 is 24.1 Å². The van der Waals surface area contributed by atoms with Crippen molar-refractivity contribution in [3.8, 4) is 17.2 Å². The molecule has 3 aromatic rings. The Hall–Kier alpha value is -3.78. The molecular formula is C28H33N3O5. The minimum Gasteiger partial charge on any atom is -0.504 e. The van der Waals surface area contributed by atoms with Crippen molar-refractivity contribution in [2.75, 3.05) is 38.2 Å². The molecule has 1 saturated heterocycles. The summed E-state index contributed by atoms with van der Waals surface area (Å²) in [6.45, 7) is 7.67. The van der Waals surface area contributed by atoms with Crippen LogP contribution in [0.3, 0.4) is 0 Å². The molecule has 2 heterocycles. The van der Waals surface area contributed by atoms with Crippen LogP contribution in [0.25, 0.3) is 0 Å². The van der Waals surface area contributed by atoms with E-state index >= 15 is 0 Å². The molecule has 1 aliphatic heterocycles. The highest BCUT2D eigenvalue weighted by molar-refractivity contribution is 5.94. The highest BCUT2D eigenvalue weighted by Gasteiger charge is 2.24. The molecule has 1 N–H and O–H groups in total. The number of carbonyl (C=O) groups excluding carboxylic acids is 1. The van der Waals surface area contributed by atoms with Crippen LogP contribution in [0.4, 0.5) is 5.82 Å². The standard InChI is InChI=1S/C28H33N3O5/c1-20(2)36-28(33)23-10-7-11-29-27(23)31-14-12-30(13-15-31)18-22-16-24(32)26(25(17-22)34-3)35-19-21-8-5-4-6-9-21/h4-11,16-17,20,32H,12-15,18-19H2,1-3H3. The molecular weight excluding hydrogens is 458 g/mol. The third-order valence-corrected chi connectivity index (χ3v) is 5.97. The third kappa shape index (κ3) is 6.26. The number of aromatic nitrogens is 1. The van der Waals surface area contributed by atoms with Gasteiger partial charge in [0.1, 0.15) is 18.0 Å². The number of methoxy groups -OCH3 is 1. The number of benzene rings is 2. The lowest BCUT2D eigenvalue weighted by atomic mass is 10.1. The van der Waals surface area contributed by atoms with E-state index in [-0.39, 0.29) is 17.8 Å². The Kier molecular flexibility index (Phi) is 8.28.